The van der Waals surface area contributed by atoms with Gasteiger partial charge >= 0.3 is 0 Å². The zero-order valence-electron chi connectivity index (χ0n) is 19.9. The second kappa shape index (κ2) is 13.3. The fourth-order valence-electron chi connectivity index (χ4n) is 3.18. The van der Waals surface area contributed by atoms with E-state index in [4.69, 9.17) is 9.47 Å². The number of anilines is 1. The zero-order chi connectivity index (χ0) is 25.9. The minimum Gasteiger partial charge on any atom is -0.493 e. The van der Waals surface area contributed by atoms with Crippen LogP contribution in [0.15, 0.2) is 65.8 Å². The summed E-state index contributed by atoms with van der Waals surface area (Å²) in [5, 5.41) is 16.0. The number of ether oxygens (including phenoxy) is 2. The molecule has 0 saturated heterocycles. The Bertz CT molecular complexity index is 1300. The van der Waals surface area contributed by atoms with Crippen LogP contribution in [-0.2, 0) is 16.2 Å². The van der Waals surface area contributed by atoms with Crippen LogP contribution in [0.1, 0.15) is 35.1 Å². The predicted molar refractivity (Wildman–Crippen MR) is 146 cm³/mol. The first-order chi connectivity index (χ1) is 17.4. The first kappa shape index (κ1) is 26.7. The molecule has 0 fully saturated rings. The number of carbonyl (C=O) groups is 2. The Morgan fingerprint density at radius 2 is 1.81 bits per heavy atom. The highest BCUT2D eigenvalue weighted by Crippen LogP contribution is 2.34. The number of hydrogen-bond acceptors (Lipinski definition) is 6. The molecule has 2 amide bonds. The van der Waals surface area contributed by atoms with E-state index in [1.165, 1.54) is 13.3 Å². The van der Waals surface area contributed by atoms with Crippen LogP contribution < -0.4 is 20.2 Å². The molecule has 3 aromatic carbocycles. The molecule has 3 aromatic rings. The van der Waals surface area contributed by atoms with Gasteiger partial charge in [-0.05, 0) is 65.4 Å². The molecule has 0 aliphatic rings. The second-order valence-electron chi connectivity index (χ2n) is 7.80. The molecule has 0 aliphatic heterocycles. The monoisotopic (exact) mass is 596 g/mol. The number of hydrazone groups is 1. The van der Waals surface area contributed by atoms with Gasteiger partial charge < -0.3 is 14.8 Å². The van der Waals surface area contributed by atoms with E-state index in [1.807, 2.05) is 49.4 Å². The van der Waals surface area contributed by atoms with Gasteiger partial charge in [0.25, 0.3) is 0 Å². The van der Waals surface area contributed by atoms with Gasteiger partial charge in [-0.25, -0.2) is 5.43 Å². The molecule has 9 heteroatoms. The minimum atomic E-state index is -0.372. The van der Waals surface area contributed by atoms with E-state index in [0.717, 1.165) is 14.7 Å². The molecule has 0 saturated carbocycles. The first-order valence-corrected chi connectivity index (χ1v) is 12.1. The first-order valence-electron chi connectivity index (χ1n) is 11.1. The normalized spacial score (nSPS) is 10.5. The Labute approximate surface area is 223 Å². The Morgan fingerprint density at radius 1 is 1.08 bits per heavy atom. The lowest BCUT2D eigenvalue weighted by atomic mass is 10.1. The van der Waals surface area contributed by atoms with Crippen LogP contribution in [0.25, 0.3) is 0 Å². The van der Waals surface area contributed by atoms with Gasteiger partial charge in [-0.1, -0.05) is 35.9 Å². The van der Waals surface area contributed by atoms with E-state index in [-0.39, 0.29) is 31.3 Å². The highest BCUT2D eigenvalue weighted by Gasteiger charge is 2.13. The molecule has 36 heavy (non-hydrogen) atoms. The van der Waals surface area contributed by atoms with Gasteiger partial charge in [0, 0.05) is 24.1 Å². The Morgan fingerprint density at radius 3 is 2.53 bits per heavy atom. The molecule has 0 atom stereocenters. The average Bonchev–Trinajstić information content (AvgIpc) is 2.88. The van der Waals surface area contributed by atoms with Gasteiger partial charge in [0.1, 0.15) is 6.61 Å². The molecule has 2 N–H and O–H groups in total. The summed E-state index contributed by atoms with van der Waals surface area (Å²) < 4.78 is 12.2. The van der Waals surface area contributed by atoms with E-state index >= 15 is 0 Å². The van der Waals surface area contributed by atoms with Crippen molar-refractivity contribution in [3.63, 3.8) is 0 Å². The highest BCUT2D eigenvalue weighted by atomic mass is 127. The molecular formula is C27H25IN4O4. The number of amides is 2. The molecule has 0 bridgehead atoms. The van der Waals surface area contributed by atoms with E-state index in [1.54, 1.807) is 18.2 Å². The lowest BCUT2D eigenvalue weighted by Crippen LogP contribution is -2.20. The second-order valence-corrected chi connectivity index (χ2v) is 8.96. The van der Waals surface area contributed by atoms with E-state index in [2.05, 4.69) is 44.5 Å². The quantitative estimate of drug-likeness (QED) is 0.196. The molecule has 0 aromatic heterocycles. The van der Waals surface area contributed by atoms with Crippen molar-refractivity contribution in [3.8, 4) is 17.6 Å². The van der Waals surface area contributed by atoms with Crippen molar-refractivity contribution in [3.05, 3.63) is 86.5 Å². The highest BCUT2D eigenvalue weighted by molar-refractivity contribution is 14.1. The SMILES string of the molecule is COc1cc(C=NNC(=O)CCC(=O)Nc2ccc(C)cc2)cc(I)c1OCc1ccccc1C#N. The lowest BCUT2D eigenvalue weighted by molar-refractivity contribution is -0.124. The summed E-state index contributed by atoms with van der Waals surface area (Å²) in [5.41, 5.74) is 6.25. The van der Waals surface area contributed by atoms with Crippen LogP contribution in [0.2, 0.25) is 0 Å². The van der Waals surface area contributed by atoms with Crippen molar-refractivity contribution in [1.29, 1.82) is 5.26 Å². The topological polar surface area (TPSA) is 113 Å². The van der Waals surface area contributed by atoms with E-state index < -0.39 is 0 Å². The van der Waals surface area contributed by atoms with Crippen molar-refractivity contribution >= 4 is 46.3 Å². The predicted octanol–water partition coefficient (Wildman–Crippen LogP) is 4.93. The van der Waals surface area contributed by atoms with Crippen LogP contribution in [0.3, 0.4) is 0 Å². The Kier molecular flexibility index (Phi) is 9.82. The molecule has 0 spiro atoms. The lowest BCUT2D eigenvalue weighted by Gasteiger charge is -2.14. The molecule has 0 unspecified atom stereocenters. The number of nitrogens with one attached hydrogen (secondary N) is 2. The summed E-state index contributed by atoms with van der Waals surface area (Å²) in [6.07, 6.45) is 1.54. The van der Waals surface area contributed by atoms with Crippen molar-refractivity contribution < 1.29 is 19.1 Å². The number of nitrogens with zero attached hydrogens (tertiary/aromatic N) is 2. The fourth-order valence-corrected chi connectivity index (χ4v) is 3.96. The summed E-state index contributed by atoms with van der Waals surface area (Å²) in [4.78, 5) is 24.1. The van der Waals surface area contributed by atoms with Gasteiger partial charge in [-0.3, -0.25) is 9.59 Å². The summed E-state index contributed by atoms with van der Waals surface area (Å²) in [5.74, 6) is 0.428. The van der Waals surface area contributed by atoms with Crippen molar-refractivity contribution in [2.75, 3.05) is 12.4 Å². The van der Waals surface area contributed by atoms with Crippen LogP contribution >= 0.6 is 22.6 Å². The molecule has 0 heterocycles. The zero-order valence-corrected chi connectivity index (χ0v) is 22.0. The van der Waals surface area contributed by atoms with Crippen LogP contribution in [0, 0.1) is 21.8 Å². The maximum Gasteiger partial charge on any atom is 0.240 e. The average molecular weight is 596 g/mol. The maximum absolute atomic E-state index is 12.1. The van der Waals surface area contributed by atoms with Gasteiger partial charge in [0.2, 0.25) is 11.8 Å². The number of methoxy groups -OCH3 is 1. The smallest absolute Gasteiger partial charge is 0.240 e. The fraction of sp³-hybridized carbons (Fsp3) is 0.185. The largest absolute Gasteiger partial charge is 0.493 e. The maximum atomic E-state index is 12.1. The standard InChI is InChI=1S/C27H25IN4O4/c1-18-7-9-22(10-8-18)31-25(33)11-12-26(34)32-30-16-19-13-23(28)27(24(14-19)35-2)36-17-21-6-4-3-5-20(21)15-29/h3-10,13-14,16H,11-12,17H2,1-2H3,(H,31,33)(H,32,34). The van der Waals surface area contributed by atoms with Crippen LogP contribution in [0.4, 0.5) is 5.69 Å². The van der Waals surface area contributed by atoms with E-state index in [9.17, 15) is 14.9 Å². The van der Waals surface area contributed by atoms with Crippen LogP contribution in [-0.4, -0.2) is 25.1 Å². The van der Waals surface area contributed by atoms with Crippen molar-refractivity contribution in [1.82, 2.24) is 5.43 Å². The van der Waals surface area contributed by atoms with Gasteiger partial charge in [-0.15, -0.1) is 0 Å². The molecule has 0 radical (unpaired) electrons. The third kappa shape index (κ3) is 7.81. The third-order valence-corrected chi connectivity index (χ3v) is 5.88. The van der Waals surface area contributed by atoms with Crippen molar-refractivity contribution in [2.45, 2.75) is 26.4 Å². The Hall–Kier alpha value is -3.91. The number of aryl methyl sites for hydroxylation is 1. The summed E-state index contributed by atoms with van der Waals surface area (Å²) >= 11 is 2.13. The van der Waals surface area contributed by atoms with E-state index in [0.29, 0.717) is 28.3 Å². The van der Waals surface area contributed by atoms with Crippen LogP contribution in [0.5, 0.6) is 11.5 Å². The van der Waals surface area contributed by atoms with Gasteiger partial charge in [0.05, 0.1) is 28.5 Å². The van der Waals surface area contributed by atoms with Gasteiger partial charge in [-0.2, -0.15) is 10.4 Å². The number of benzene rings is 3. The Balaban J connectivity index is 1.53. The number of nitriles is 1. The molecule has 8 nitrogen and oxygen atoms in total. The number of carbonyl (C=O) groups excluding carboxylic acids is 2. The minimum absolute atomic E-state index is 0.00679. The molecular weight excluding hydrogens is 571 g/mol. The van der Waals surface area contributed by atoms with Gasteiger partial charge in [0.15, 0.2) is 11.5 Å². The van der Waals surface area contributed by atoms with Crippen molar-refractivity contribution in [2.24, 2.45) is 5.10 Å². The summed E-state index contributed by atoms with van der Waals surface area (Å²) in [6, 6.07) is 20.4. The molecule has 0 aliphatic carbocycles. The number of hydrogen-bond donors (Lipinski definition) is 2. The summed E-state index contributed by atoms with van der Waals surface area (Å²) in [7, 11) is 1.53. The number of halogens is 1. The molecule has 3 rings (SSSR count). The number of rotatable bonds is 10. The molecule has 184 valence electrons. The summed E-state index contributed by atoms with van der Waals surface area (Å²) in [6.45, 7) is 2.19. The third-order valence-electron chi connectivity index (χ3n) is 5.08.